The van der Waals surface area contributed by atoms with Crippen LogP contribution in [0.25, 0.3) is 22.4 Å². The first-order valence-electron chi connectivity index (χ1n) is 7.89. The topological polar surface area (TPSA) is 79.0 Å². The summed E-state index contributed by atoms with van der Waals surface area (Å²) in [5, 5.41) is 4.73. The van der Waals surface area contributed by atoms with Gasteiger partial charge in [0.15, 0.2) is 5.82 Å². The molecule has 2 aromatic heterocycles. The third-order valence-corrected chi connectivity index (χ3v) is 4.04. The molecule has 0 aliphatic heterocycles. The Bertz CT molecular complexity index is 1160. The van der Waals surface area contributed by atoms with E-state index in [4.69, 9.17) is 4.74 Å². The van der Waals surface area contributed by atoms with Gasteiger partial charge in [0.05, 0.1) is 29.9 Å². The molecular formula is C19H14N4O3. The first kappa shape index (κ1) is 15.8. The monoisotopic (exact) mass is 346 g/mol. The summed E-state index contributed by atoms with van der Waals surface area (Å²) < 4.78 is 7.68. The fraction of sp³-hybridized carbons (Fsp3) is 0.0526. The molecule has 0 spiro atoms. The molecule has 128 valence electrons. The zero-order valence-electron chi connectivity index (χ0n) is 13.9. The fourth-order valence-corrected chi connectivity index (χ4v) is 2.81. The average Bonchev–Trinajstić information content (AvgIpc) is 3.13. The molecule has 2 aromatic carbocycles. The van der Waals surface area contributed by atoms with Crippen LogP contribution in [0.5, 0.6) is 0 Å². The smallest absolute Gasteiger partial charge is 0.343 e. The minimum absolute atomic E-state index is 0.176. The summed E-state index contributed by atoms with van der Waals surface area (Å²) in [6.45, 7) is 0. The van der Waals surface area contributed by atoms with Crippen LogP contribution in [0.4, 0.5) is 0 Å². The number of hydrogen-bond donors (Lipinski definition) is 0. The molecule has 0 saturated heterocycles. The Morgan fingerprint density at radius 3 is 2.54 bits per heavy atom. The molecule has 0 bridgehead atoms. The molecule has 0 atom stereocenters. The van der Waals surface area contributed by atoms with E-state index in [0.29, 0.717) is 16.6 Å². The van der Waals surface area contributed by atoms with E-state index in [1.165, 1.54) is 28.9 Å². The average molecular weight is 346 g/mol. The number of carbonyl (C=O) groups is 1. The lowest BCUT2D eigenvalue weighted by Crippen LogP contribution is -2.23. The molecule has 0 radical (unpaired) electrons. The maximum Gasteiger partial charge on any atom is 0.343 e. The van der Waals surface area contributed by atoms with Crippen LogP contribution in [0.2, 0.25) is 0 Å². The highest BCUT2D eigenvalue weighted by atomic mass is 16.5. The van der Waals surface area contributed by atoms with Crippen LogP contribution in [0.3, 0.4) is 0 Å². The van der Waals surface area contributed by atoms with E-state index in [0.717, 1.165) is 0 Å². The predicted octanol–water partition coefficient (Wildman–Crippen LogP) is 2.36. The molecule has 7 nitrogen and oxygen atoms in total. The van der Waals surface area contributed by atoms with Gasteiger partial charge < -0.3 is 4.74 Å². The number of esters is 1. The van der Waals surface area contributed by atoms with Gasteiger partial charge in [-0.15, -0.1) is 0 Å². The Balaban J connectivity index is 2.04. The number of benzene rings is 2. The second-order valence-corrected chi connectivity index (χ2v) is 5.56. The highest BCUT2D eigenvalue weighted by molar-refractivity contribution is 5.93. The van der Waals surface area contributed by atoms with Crippen molar-refractivity contribution in [2.75, 3.05) is 7.11 Å². The summed E-state index contributed by atoms with van der Waals surface area (Å²) in [6.07, 6.45) is 2.78. The standard InChI is InChI=1S/C19H14N4O3/c1-26-19(25)15-11-21-23(13-7-3-2-4-8-13)17(15)22-12-20-16-10-6-5-9-14(16)18(22)24/h2-12H,1H3. The van der Waals surface area contributed by atoms with Gasteiger partial charge in [0, 0.05) is 0 Å². The molecule has 4 rings (SSSR count). The summed E-state index contributed by atoms with van der Waals surface area (Å²) in [5.41, 5.74) is 1.17. The maximum atomic E-state index is 13.0. The van der Waals surface area contributed by atoms with Crippen molar-refractivity contribution >= 4 is 16.9 Å². The van der Waals surface area contributed by atoms with Gasteiger partial charge >= 0.3 is 5.97 Å². The molecule has 0 saturated carbocycles. The van der Waals surface area contributed by atoms with Crippen LogP contribution in [-0.4, -0.2) is 32.4 Å². The lowest BCUT2D eigenvalue weighted by Gasteiger charge is -2.11. The largest absolute Gasteiger partial charge is 0.465 e. The highest BCUT2D eigenvalue weighted by Crippen LogP contribution is 2.19. The highest BCUT2D eigenvalue weighted by Gasteiger charge is 2.22. The van der Waals surface area contributed by atoms with Crippen molar-refractivity contribution in [3.8, 4) is 11.5 Å². The van der Waals surface area contributed by atoms with Gasteiger partial charge in [-0.05, 0) is 24.3 Å². The van der Waals surface area contributed by atoms with E-state index in [9.17, 15) is 9.59 Å². The number of ether oxygens (including phenoxy) is 1. The summed E-state index contributed by atoms with van der Waals surface area (Å²) >= 11 is 0. The fourth-order valence-electron chi connectivity index (χ4n) is 2.81. The number of carbonyl (C=O) groups excluding carboxylic acids is 1. The van der Waals surface area contributed by atoms with Gasteiger partial charge in [-0.1, -0.05) is 30.3 Å². The Labute approximate surface area is 148 Å². The van der Waals surface area contributed by atoms with Crippen LogP contribution in [-0.2, 0) is 4.74 Å². The summed E-state index contributed by atoms with van der Waals surface area (Å²) in [5.74, 6) is -0.298. The summed E-state index contributed by atoms with van der Waals surface area (Å²) in [6, 6.07) is 16.3. The number of fused-ring (bicyclic) bond motifs is 1. The van der Waals surface area contributed by atoms with Crippen LogP contribution in [0, 0.1) is 0 Å². The minimum Gasteiger partial charge on any atom is -0.465 e. The molecule has 0 amide bonds. The quantitative estimate of drug-likeness (QED) is 0.532. The Morgan fingerprint density at radius 1 is 1.04 bits per heavy atom. The van der Waals surface area contributed by atoms with Crippen LogP contribution in [0.15, 0.2) is 71.9 Å². The second-order valence-electron chi connectivity index (χ2n) is 5.56. The molecular weight excluding hydrogens is 332 g/mol. The SMILES string of the molecule is COC(=O)c1cnn(-c2ccccc2)c1-n1cnc2ccccc2c1=O. The van der Waals surface area contributed by atoms with Crippen molar-refractivity contribution in [3.63, 3.8) is 0 Å². The van der Waals surface area contributed by atoms with Crippen LogP contribution in [0.1, 0.15) is 10.4 Å². The Kier molecular flexibility index (Phi) is 3.81. The van der Waals surface area contributed by atoms with Crippen molar-refractivity contribution in [2.45, 2.75) is 0 Å². The summed E-state index contributed by atoms with van der Waals surface area (Å²) in [7, 11) is 1.29. The van der Waals surface area contributed by atoms with Gasteiger partial charge in [-0.25, -0.2) is 19.0 Å². The van der Waals surface area contributed by atoms with E-state index in [1.807, 2.05) is 36.4 Å². The molecule has 0 aliphatic rings. The molecule has 0 aliphatic carbocycles. The maximum absolute atomic E-state index is 13.0. The summed E-state index contributed by atoms with van der Waals surface area (Å²) in [4.78, 5) is 29.5. The molecule has 4 aromatic rings. The van der Waals surface area contributed by atoms with E-state index < -0.39 is 5.97 Å². The first-order chi connectivity index (χ1) is 12.7. The number of rotatable bonds is 3. The number of nitrogens with zero attached hydrogens (tertiary/aromatic N) is 4. The number of para-hydroxylation sites is 2. The molecule has 26 heavy (non-hydrogen) atoms. The number of hydrogen-bond acceptors (Lipinski definition) is 5. The van der Waals surface area contributed by atoms with Crippen molar-refractivity contribution in [2.24, 2.45) is 0 Å². The first-order valence-corrected chi connectivity index (χ1v) is 7.89. The van der Waals surface area contributed by atoms with Gasteiger partial charge in [-0.3, -0.25) is 4.79 Å². The van der Waals surface area contributed by atoms with Crippen molar-refractivity contribution in [1.82, 2.24) is 19.3 Å². The van der Waals surface area contributed by atoms with Gasteiger partial charge in [0.2, 0.25) is 0 Å². The molecule has 2 heterocycles. The predicted molar refractivity (Wildman–Crippen MR) is 95.8 cm³/mol. The van der Waals surface area contributed by atoms with Gasteiger partial charge in [0.25, 0.3) is 5.56 Å². The van der Waals surface area contributed by atoms with Crippen molar-refractivity contribution in [1.29, 1.82) is 0 Å². The molecule has 0 unspecified atom stereocenters. The molecule has 7 heteroatoms. The second kappa shape index (κ2) is 6.29. The molecule has 0 fully saturated rings. The Morgan fingerprint density at radius 2 is 1.77 bits per heavy atom. The lowest BCUT2D eigenvalue weighted by molar-refractivity contribution is 0.0600. The third kappa shape index (κ3) is 2.46. The number of aromatic nitrogens is 4. The molecule has 0 N–H and O–H groups in total. The van der Waals surface area contributed by atoms with Gasteiger partial charge in [0.1, 0.15) is 11.9 Å². The van der Waals surface area contributed by atoms with Crippen molar-refractivity contribution in [3.05, 3.63) is 83.0 Å². The van der Waals surface area contributed by atoms with Crippen molar-refractivity contribution < 1.29 is 9.53 Å². The van der Waals surface area contributed by atoms with Crippen LogP contribution < -0.4 is 5.56 Å². The van der Waals surface area contributed by atoms with Gasteiger partial charge in [-0.2, -0.15) is 5.10 Å². The zero-order valence-corrected chi connectivity index (χ0v) is 13.9. The lowest BCUT2D eigenvalue weighted by atomic mass is 10.2. The zero-order chi connectivity index (χ0) is 18.1. The van der Waals surface area contributed by atoms with E-state index in [1.54, 1.807) is 18.2 Å². The van der Waals surface area contributed by atoms with E-state index in [2.05, 4.69) is 10.1 Å². The Hall–Kier alpha value is -3.74. The normalized spacial score (nSPS) is 10.8. The third-order valence-electron chi connectivity index (χ3n) is 4.04. The van der Waals surface area contributed by atoms with E-state index >= 15 is 0 Å². The number of methoxy groups -OCH3 is 1. The minimum atomic E-state index is -0.581. The van der Waals surface area contributed by atoms with E-state index in [-0.39, 0.29) is 16.9 Å². The van der Waals surface area contributed by atoms with Crippen LogP contribution >= 0.6 is 0 Å².